The fourth-order valence-electron chi connectivity index (χ4n) is 3.09. The number of ether oxygens (including phenoxy) is 1. The summed E-state index contributed by atoms with van der Waals surface area (Å²) in [5.41, 5.74) is 4.54. The molecule has 0 aliphatic carbocycles. The first-order valence-electron chi connectivity index (χ1n) is 9.71. The molecule has 0 bridgehead atoms. The molecule has 160 valence electrons. The van der Waals surface area contributed by atoms with Crippen LogP contribution in [0.4, 0.5) is 13.2 Å². The number of alkyl halides is 3. The third-order valence-corrected chi connectivity index (χ3v) is 4.68. The van der Waals surface area contributed by atoms with Crippen molar-refractivity contribution < 1.29 is 22.7 Å². The highest BCUT2D eigenvalue weighted by Crippen LogP contribution is 2.24. The van der Waals surface area contributed by atoms with Gasteiger partial charge in [-0.1, -0.05) is 48.5 Å². The molecule has 1 aromatic heterocycles. The van der Waals surface area contributed by atoms with Gasteiger partial charge in [0.1, 0.15) is 5.75 Å². The second-order valence-corrected chi connectivity index (χ2v) is 7.01. The lowest BCUT2D eigenvalue weighted by molar-refractivity contribution is -0.153. The number of hydrogen-bond donors (Lipinski definition) is 0. The Bertz CT molecular complexity index is 1270. The Labute approximate surface area is 182 Å². The predicted octanol–water partition coefficient (Wildman–Crippen LogP) is 6.13. The van der Waals surface area contributed by atoms with Crippen molar-refractivity contribution in [2.75, 3.05) is 6.61 Å². The van der Waals surface area contributed by atoms with E-state index in [1.807, 2.05) is 18.2 Å². The first-order valence-corrected chi connectivity index (χ1v) is 9.71. The molecule has 0 saturated carbocycles. The first kappa shape index (κ1) is 21.2. The number of rotatable bonds is 6. The maximum atomic E-state index is 12.5. The maximum absolute atomic E-state index is 12.5. The number of hydrogen-bond acceptors (Lipinski definition) is 4. The van der Waals surface area contributed by atoms with E-state index in [0.29, 0.717) is 5.56 Å². The molecule has 0 N–H and O–H groups in total. The molecule has 0 aliphatic heterocycles. The normalized spacial score (nSPS) is 11.7. The summed E-state index contributed by atoms with van der Waals surface area (Å²) >= 11 is 0. The number of aromatic nitrogens is 2. The van der Waals surface area contributed by atoms with Crippen LogP contribution in [0, 0.1) is 0 Å². The second-order valence-electron chi connectivity index (χ2n) is 7.01. The van der Waals surface area contributed by atoms with Gasteiger partial charge in [-0.05, 0) is 47.0 Å². The molecule has 4 nitrogen and oxygen atoms in total. The first-order chi connectivity index (χ1) is 15.4. The average Bonchev–Trinajstić information content (AvgIpc) is 2.81. The summed E-state index contributed by atoms with van der Waals surface area (Å²) in [6.45, 7) is -1.33. The predicted molar refractivity (Wildman–Crippen MR) is 116 cm³/mol. The van der Waals surface area contributed by atoms with Crippen LogP contribution >= 0.6 is 0 Å². The molecule has 0 fully saturated rings. The SMILES string of the molecule is O=C(C=Cc1ccc2nccnc2c1)c1ccc(-c2ccc(OCC(F)(F)F)cc2)cc1. The summed E-state index contributed by atoms with van der Waals surface area (Å²) in [7, 11) is 0. The van der Waals surface area contributed by atoms with Gasteiger partial charge in [-0.3, -0.25) is 14.8 Å². The van der Waals surface area contributed by atoms with Gasteiger partial charge in [0.25, 0.3) is 0 Å². The minimum Gasteiger partial charge on any atom is -0.484 e. The lowest BCUT2D eigenvalue weighted by Gasteiger charge is -2.09. The quantitative estimate of drug-likeness (QED) is 0.270. The lowest BCUT2D eigenvalue weighted by atomic mass is 10.0. The number of carbonyl (C=O) groups excluding carboxylic acids is 1. The van der Waals surface area contributed by atoms with Crippen molar-refractivity contribution in [3.8, 4) is 16.9 Å². The summed E-state index contributed by atoms with van der Waals surface area (Å²) in [6, 6.07) is 18.9. The van der Waals surface area contributed by atoms with Crippen LogP contribution in [0.3, 0.4) is 0 Å². The summed E-state index contributed by atoms with van der Waals surface area (Å²) in [5.74, 6) is -0.00521. The molecule has 0 unspecified atom stereocenters. The maximum Gasteiger partial charge on any atom is 0.422 e. The number of nitrogens with zero attached hydrogens (tertiary/aromatic N) is 2. The van der Waals surface area contributed by atoms with E-state index in [1.165, 1.54) is 18.2 Å². The van der Waals surface area contributed by atoms with Gasteiger partial charge in [0.05, 0.1) is 11.0 Å². The zero-order chi connectivity index (χ0) is 22.6. The van der Waals surface area contributed by atoms with Crippen molar-refractivity contribution in [2.45, 2.75) is 6.18 Å². The van der Waals surface area contributed by atoms with Gasteiger partial charge in [-0.2, -0.15) is 13.2 Å². The topological polar surface area (TPSA) is 52.1 Å². The standard InChI is InChI=1S/C25H17F3N2O2/c26-25(27,28)16-32-21-9-7-19(8-10-21)18-3-5-20(6-4-18)24(31)12-2-17-1-11-22-23(15-17)30-14-13-29-22/h1-15H,16H2. The van der Waals surface area contributed by atoms with Crippen LogP contribution < -0.4 is 4.74 Å². The average molecular weight is 434 g/mol. The van der Waals surface area contributed by atoms with Crippen molar-refractivity contribution >= 4 is 22.9 Å². The highest BCUT2D eigenvalue weighted by molar-refractivity contribution is 6.07. The van der Waals surface area contributed by atoms with Crippen LogP contribution in [-0.4, -0.2) is 28.5 Å². The van der Waals surface area contributed by atoms with Crippen LogP contribution in [0.1, 0.15) is 15.9 Å². The van der Waals surface area contributed by atoms with E-state index in [4.69, 9.17) is 4.74 Å². The number of fused-ring (bicyclic) bond motifs is 1. The third-order valence-electron chi connectivity index (χ3n) is 4.68. The highest BCUT2D eigenvalue weighted by Gasteiger charge is 2.28. The van der Waals surface area contributed by atoms with Crippen LogP contribution in [0.5, 0.6) is 5.75 Å². The van der Waals surface area contributed by atoms with Crippen molar-refractivity contribution in [3.63, 3.8) is 0 Å². The van der Waals surface area contributed by atoms with Crippen LogP contribution in [0.25, 0.3) is 28.2 Å². The molecule has 32 heavy (non-hydrogen) atoms. The highest BCUT2D eigenvalue weighted by atomic mass is 19.4. The molecule has 1 heterocycles. The molecule has 7 heteroatoms. The summed E-state index contributed by atoms with van der Waals surface area (Å²) < 4.78 is 41.4. The zero-order valence-electron chi connectivity index (χ0n) is 16.7. The van der Waals surface area contributed by atoms with Gasteiger partial charge in [-0.15, -0.1) is 0 Å². The van der Waals surface area contributed by atoms with Crippen molar-refractivity contribution in [1.82, 2.24) is 9.97 Å². The molecule has 0 amide bonds. The largest absolute Gasteiger partial charge is 0.484 e. The Hall–Kier alpha value is -4.00. The van der Waals surface area contributed by atoms with E-state index in [-0.39, 0.29) is 11.5 Å². The van der Waals surface area contributed by atoms with E-state index in [2.05, 4.69) is 9.97 Å². The summed E-state index contributed by atoms with van der Waals surface area (Å²) in [4.78, 5) is 21.0. The molecular weight excluding hydrogens is 417 g/mol. The smallest absolute Gasteiger partial charge is 0.422 e. The fraction of sp³-hybridized carbons (Fsp3) is 0.0800. The molecule has 0 spiro atoms. The lowest BCUT2D eigenvalue weighted by Crippen LogP contribution is -2.19. The molecule has 4 aromatic rings. The Kier molecular flexibility index (Phi) is 5.98. The van der Waals surface area contributed by atoms with E-state index in [0.717, 1.165) is 27.7 Å². The third kappa shape index (κ3) is 5.37. The Balaban J connectivity index is 1.42. The molecule has 0 aliphatic rings. The van der Waals surface area contributed by atoms with Gasteiger partial charge in [0.2, 0.25) is 0 Å². The van der Waals surface area contributed by atoms with Gasteiger partial charge in [0, 0.05) is 18.0 Å². The summed E-state index contributed by atoms with van der Waals surface area (Å²) in [5, 5.41) is 0. The van der Waals surface area contributed by atoms with Crippen LogP contribution in [0.2, 0.25) is 0 Å². The van der Waals surface area contributed by atoms with Crippen LogP contribution in [-0.2, 0) is 0 Å². The number of benzene rings is 3. The minimum absolute atomic E-state index is 0.141. The molecule has 0 radical (unpaired) electrons. The molecule has 3 aromatic carbocycles. The Morgan fingerprint density at radius 1 is 0.844 bits per heavy atom. The molecule has 0 saturated heterocycles. The molecule has 0 atom stereocenters. The minimum atomic E-state index is -4.38. The number of carbonyl (C=O) groups is 1. The Morgan fingerprint density at radius 2 is 1.47 bits per heavy atom. The number of allylic oxidation sites excluding steroid dienone is 1. The monoisotopic (exact) mass is 434 g/mol. The van der Waals surface area contributed by atoms with Crippen molar-refractivity contribution in [1.29, 1.82) is 0 Å². The molecular formula is C25H17F3N2O2. The van der Waals surface area contributed by atoms with E-state index < -0.39 is 12.8 Å². The van der Waals surface area contributed by atoms with E-state index in [9.17, 15) is 18.0 Å². The molecule has 4 rings (SSSR count). The van der Waals surface area contributed by atoms with Gasteiger partial charge in [-0.25, -0.2) is 0 Å². The second kappa shape index (κ2) is 9.01. The van der Waals surface area contributed by atoms with Gasteiger partial charge >= 0.3 is 6.18 Å². The van der Waals surface area contributed by atoms with Gasteiger partial charge in [0.15, 0.2) is 12.4 Å². The van der Waals surface area contributed by atoms with Gasteiger partial charge < -0.3 is 4.74 Å². The zero-order valence-corrected chi connectivity index (χ0v) is 16.7. The Morgan fingerprint density at radius 3 is 2.12 bits per heavy atom. The fourth-order valence-corrected chi connectivity index (χ4v) is 3.09. The number of ketones is 1. The van der Waals surface area contributed by atoms with Crippen LogP contribution in [0.15, 0.2) is 85.2 Å². The van der Waals surface area contributed by atoms with E-state index in [1.54, 1.807) is 54.9 Å². The number of halogens is 3. The van der Waals surface area contributed by atoms with Crippen molar-refractivity contribution in [3.05, 3.63) is 96.3 Å². The van der Waals surface area contributed by atoms with E-state index >= 15 is 0 Å². The summed E-state index contributed by atoms with van der Waals surface area (Å²) in [6.07, 6.45) is 2.09. The van der Waals surface area contributed by atoms with Crippen molar-refractivity contribution in [2.24, 2.45) is 0 Å².